The van der Waals surface area contributed by atoms with Crippen LogP contribution in [0.15, 0.2) is 58.4 Å². The number of amidine groups is 1. The Hall–Kier alpha value is -4.12. The molecule has 0 saturated heterocycles. The molecule has 0 amide bonds. The highest BCUT2D eigenvalue weighted by atomic mass is 32.2. The molecule has 180 valence electrons. The number of ketones is 1. The van der Waals surface area contributed by atoms with Crippen LogP contribution >= 0.6 is 0 Å². The highest BCUT2D eigenvalue weighted by molar-refractivity contribution is 7.90. The van der Waals surface area contributed by atoms with E-state index < -0.39 is 29.1 Å². The number of ether oxygens (including phenoxy) is 3. The molecule has 2 aromatic carbocycles. The number of aliphatic imine (C=N–C) groups is 1. The molecule has 11 heteroatoms. The molecule has 0 atom stereocenters. The van der Waals surface area contributed by atoms with Gasteiger partial charge in [-0.15, -0.1) is 0 Å². The van der Waals surface area contributed by atoms with Crippen LogP contribution in [0.2, 0.25) is 0 Å². The lowest BCUT2D eigenvalue weighted by atomic mass is 10.1. The summed E-state index contributed by atoms with van der Waals surface area (Å²) in [5.41, 5.74) is 3.15. The lowest BCUT2D eigenvalue weighted by Crippen LogP contribution is -2.24. The Balaban J connectivity index is 1.25. The van der Waals surface area contributed by atoms with E-state index in [0.717, 1.165) is 11.4 Å². The largest absolute Gasteiger partial charge is 0.456 e. The van der Waals surface area contributed by atoms with Gasteiger partial charge < -0.3 is 18.8 Å². The molecule has 1 aromatic heterocycles. The number of hydrogen-bond acceptors (Lipinski definition) is 8. The Kier molecular flexibility index (Phi) is 5.56. The molecule has 0 radical (unpaired) electrons. The molecule has 0 unspecified atom stereocenters. The number of nitrogens with one attached hydrogen (secondary N) is 1. The van der Waals surface area contributed by atoms with Crippen molar-refractivity contribution in [2.45, 2.75) is 18.7 Å². The topological polar surface area (TPSA) is 125 Å². The molecule has 0 saturated carbocycles. The maximum atomic E-state index is 12.8. The van der Waals surface area contributed by atoms with E-state index in [4.69, 9.17) is 14.2 Å². The summed E-state index contributed by atoms with van der Waals surface area (Å²) in [5.74, 6) is 0.246. The van der Waals surface area contributed by atoms with Crippen LogP contribution in [-0.2, 0) is 19.6 Å². The zero-order chi connectivity index (χ0) is 24.7. The fraction of sp³-hybridized carbons (Fsp3) is 0.208. The minimum atomic E-state index is -3.70. The molecule has 3 aromatic rings. The lowest BCUT2D eigenvalue weighted by molar-refractivity contribution is -0.140. The van der Waals surface area contributed by atoms with E-state index in [9.17, 15) is 18.0 Å². The number of benzene rings is 2. The molecule has 35 heavy (non-hydrogen) atoms. The maximum Gasteiger partial charge on any atom is 0.328 e. The van der Waals surface area contributed by atoms with Gasteiger partial charge in [-0.1, -0.05) is 12.1 Å². The van der Waals surface area contributed by atoms with Crippen LogP contribution in [0.5, 0.6) is 11.5 Å². The van der Waals surface area contributed by atoms with Gasteiger partial charge in [0.1, 0.15) is 12.4 Å². The van der Waals surface area contributed by atoms with E-state index in [0.29, 0.717) is 28.3 Å². The van der Waals surface area contributed by atoms with Crippen LogP contribution in [0.4, 0.5) is 0 Å². The smallest absolute Gasteiger partial charge is 0.328 e. The molecule has 10 nitrogen and oxygen atoms in total. The van der Waals surface area contributed by atoms with Crippen molar-refractivity contribution in [2.24, 2.45) is 4.99 Å². The summed E-state index contributed by atoms with van der Waals surface area (Å²) < 4.78 is 44.4. The van der Waals surface area contributed by atoms with E-state index in [1.165, 1.54) is 6.07 Å². The fourth-order valence-corrected chi connectivity index (χ4v) is 5.38. The predicted molar refractivity (Wildman–Crippen MR) is 125 cm³/mol. The SMILES string of the molecule is Cc1cc(C(=O)COC(=O)CN=C2NS(=O)(=O)c3ccccc32)c(C)n1-c1ccc2c(c1)OCO2. The van der Waals surface area contributed by atoms with Crippen LogP contribution < -0.4 is 14.2 Å². The van der Waals surface area contributed by atoms with Gasteiger partial charge in [0.05, 0.1) is 4.90 Å². The minimum absolute atomic E-state index is 0.0659. The zero-order valence-corrected chi connectivity index (χ0v) is 19.7. The normalized spacial score (nSPS) is 16.1. The highest BCUT2D eigenvalue weighted by Crippen LogP contribution is 2.35. The maximum absolute atomic E-state index is 12.8. The van der Waals surface area contributed by atoms with Gasteiger partial charge in [0.2, 0.25) is 12.6 Å². The lowest BCUT2D eigenvalue weighted by Gasteiger charge is -2.11. The van der Waals surface area contributed by atoms with Crippen molar-refractivity contribution in [3.05, 3.63) is 71.0 Å². The van der Waals surface area contributed by atoms with E-state index in [2.05, 4.69) is 9.71 Å². The number of carbonyl (C=O) groups excluding carboxylic acids is 2. The molecule has 0 spiro atoms. The van der Waals surface area contributed by atoms with Crippen molar-refractivity contribution in [2.75, 3.05) is 19.9 Å². The number of aryl methyl sites for hydroxylation is 1. The number of fused-ring (bicyclic) bond motifs is 2. The molecule has 3 heterocycles. The Morgan fingerprint density at radius 2 is 1.86 bits per heavy atom. The van der Waals surface area contributed by atoms with E-state index in [1.807, 2.05) is 36.6 Å². The van der Waals surface area contributed by atoms with Gasteiger partial charge in [-0.2, -0.15) is 0 Å². The molecule has 5 rings (SSSR count). The molecule has 0 aliphatic carbocycles. The number of Topliss-reactive ketones (excluding diaryl/α,β-unsaturated/α-hetero) is 1. The second kappa shape index (κ2) is 8.58. The van der Waals surface area contributed by atoms with E-state index in [-0.39, 0.29) is 23.3 Å². The summed E-state index contributed by atoms with van der Waals surface area (Å²) in [6.07, 6.45) is 0. The van der Waals surface area contributed by atoms with Crippen LogP contribution in [0.1, 0.15) is 27.3 Å². The number of nitrogens with zero attached hydrogens (tertiary/aromatic N) is 2. The van der Waals surface area contributed by atoms with E-state index >= 15 is 0 Å². The third-order valence-electron chi connectivity index (χ3n) is 5.74. The van der Waals surface area contributed by atoms with Crippen molar-refractivity contribution < 1.29 is 32.2 Å². The van der Waals surface area contributed by atoms with Crippen molar-refractivity contribution in [1.82, 2.24) is 9.29 Å². The van der Waals surface area contributed by atoms with Crippen LogP contribution in [0.25, 0.3) is 5.69 Å². The molecule has 0 bridgehead atoms. The third kappa shape index (κ3) is 4.14. The second-order valence-electron chi connectivity index (χ2n) is 8.01. The highest BCUT2D eigenvalue weighted by Gasteiger charge is 2.30. The molecular formula is C24H21N3O7S. The third-order valence-corrected chi connectivity index (χ3v) is 7.14. The molecule has 2 aliphatic rings. The molecule has 0 fully saturated rings. The monoisotopic (exact) mass is 495 g/mol. The quantitative estimate of drug-likeness (QED) is 0.411. The predicted octanol–water partition coefficient (Wildman–Crippen LogP) is 2.29. The van der Waals surface area contributed by atoms with Gasteiger partial charge in [0, 0.05) is 34.3 Å². The summed E-state index contributed by atoms with van der Waals surface area (Å²) in [7, 11) is -3.70. The average molecular weight is 496 g/mol. The Morgan fingerprint density at radius 1 is 1.09 bits per heavy atom. The summed E-state index contributed by atoms with van der Waals surface area (Å²) in [6.45, 7) is 2.95. The van der Waals surface area contributed by atoms with Gasteiger partial charge in [-0.3, -0.25) is 19.3 Å². The van der Waals surface area contributed by atoms with Crippen LogP contribution in [0, 0.1) is 13.8 Å². The summed E-state index contributed by atoms with van der Waals surface area (Å²) in [6, 6.07) is 13.6. The number of hydrogen-bond donors (Lipinski definition) is 1. The van der Waals surface area contributed by atoms with Crippen molar-refractivity contribution in [1.29, 1.82) is 0 Å². The summed E-state index contributed by atoms with van der Waals surface area (Å²) in [4.78, 5) is 29.1. The van der Waals surface area contributed by atoms with Gasteiger partial charge in [0.25, 0.3) is 10.0 Å². The fourth-order valence-electron chi connectivity index (χ4n) is 4.13. The number of carbonyl (C=O) groups is 2. The standard InChI is InChI=1S/C24H21N3O7S/c1-14-9-18(15(2)27(14)16-7-8-20-21(10-16)34-13-33-20)19(28)12-32-23(29)11-25-24-17-5-3-4-6-22(17)35(30,31)26-24/h3-10H,11-13H2,1-2H3,(H,25,26). The van der Waals surface area contributed by atoms with Crippen LogP contribution in [0.3, 0.4) is 0 Å². The number of sulfonamides is 1. The van der Waals surface area contributed by atoms with Gasteiger partial charge in [0.15, 0.2) is 18.1 Å². The first-order valence-electron chi connectivity index (χ1n) is 10.7. The van der Waals surface area contributed by atoms with E-state index in [1.54, 1.807) is 24.3 Å². The van der Waals surface area contributed by atoms with Gasteiger partial charge in [-0.05, 0) is 44.2 Å². The number of aromatic nitrogens is 1. The average Bonchev–Trinajstić information content (AvgIpc) is 3.50. The zero-order valence-electron chi connectivity index (χ0n) is 18.9. The van der Waals surface area contributed by atoms with Gasteiger partial charge in [-0.25, -0.2) is 8.42 Å². The molecule has 1 N–H and O–H groups in total. The minimum Gasteiger partial charge on any atom is -0.456 e. The second-order valence-corrected chi connectivity index (χ2v) is 9.66. The van der Waals surface area contributed by atoms with Crippen LogP contribution in [-0.4, -0.2) is 50.5 Å². The molecular weight excluding hydrogens is 474 g/mol. The first-order chi connectivity index (χ1) is 16.7. The first kappa shape index (κ1) is 22.7. The summed E-state index contributed by atoms with van der Waals surface area (Å²) >= 11 is 0. The van der Waals surface area contributed by atoms with Crippen molar-refractivity contribution >= 4 is 27.6 Å². The number of esters is 1. The number of rotatable bonds is 6. The Morgan fingerprint density at radius 3 is 2.69 bits per heavy atom. The summed E-state index contributed by atoms with van der Waals surface area (Å²) in [5, 5.41) is 0. The first-order valence-corrected chi connectivity index (χ1v) is 12.2. The molecule has 2 aliphatic heterocycles. The Bertz CT molecular complexity index is 1510. The Labute approximate surface area is 201 Å². The van der Waals surface area contributed by atoms with Gasteiger partial charge >= 0.3 is 5.97 Å². The van der Waals surface area contributed by atoms with Crippen molar-refractivity contribution in [3.63, 3.8) is 0 Å². The van der Waals surface area contributed by atoms with Crippen molar-refractivity contribution in [3.8, 4) is 17.2 Å².